The van der Waals surface area contributed by atoms with Crippen molar-refractivity contribution in [2.24, 2.45) is 0 Å². The van der Waals surface area contributed by atoms with Crippen molar-refractivity contribution in [3.63, 3.8) is 0 Å². The lowest BCUT2D eigenvalue weighted by Gasteiger charge is -2.12. The third-order valence-electron chi connectivity index (χ3n) is 4.22. The maximum Gasteiger partial charge on any atom is 0.387 e. The SMILES string of the molecule is COCCNc1ccc(C(=O)NCCc2ccc(OC)c(OC(F)F)c2)cc1[N+](=O)[O-]. The van der Waals surface area contributed by atoms with E-state index in [9.17, 15) is 23.7 Å². The molecule has 0 spiro atoms. The Morgan fingerprint density at radius 1 is 1.13 bits per heavy atom. The van der Waals surface area contributed by atoms with Crippen LogP contribution in [0, 0.1) is 10.1 Å². The van der Waals surface area contributed by atoms with Gasteiger partial charge in [0.15, 0.2) is 11.5 Å². The third-order valence-corrected chi connectivity index (χ3v) is 4.22. The molecule has 0 saturated carbocycles. The molecule has 0 radical (unpaired) electrons. The number of ether oxygens (including phenoxy) is 3. The van der Waals surface area contributed by atoms with E-state index in [-0.39, 0.29) is 35.0 Å². The number of methoxy groups -OCH3 is 2. The number of halogens is 2. The first-order valence-electron chi connectivity index (χ1n) is 9.27. The Morgan fingerprint density at radius 2 is 1.90 bits per heavy atom. The number of hydrogen-bond donors (Lipinski definition) is 2. The van der Waals surface area contributed by atoms with Gasteiger partial charge in [-0.25, -0.2) is 0 Å². The summed E-state index contributed by atoms with van der Waals surface area (Å²) >= 11 is 0. The van der Waals surface area contributed by atoms with Crippen LogP contribution in [0.15, 0.2) is 36.4 Å². The quantitative estimate of drug-likeness (QED) is 0.297. The normalized spacial score (nSPS) is 10.6. The zero-order chi connectivity index (χ0) is 22.8. The van der Waals surface area contributed by atoms with Crippen LogP contribution < -0.4 is 20.1 Å². The highest BCUT2D eigenvalue weighted by Crippen LogP contribution is 2.29. The van der Waals surface area contributed by atoms with E-state index >= 15 is 0 Å². The van der Waals surface area contributed by atoms with Crippen molar-refractivity contribution >= 4 is 17.3 Å². The summed E-state index contributed by atoms with van der Waals surface area (Å²) in [5.41, 5.74) is 0.817. The second kappa shape index (κ2) is 11.6. The molecule has 0 bridgehead atoms. The Labute approximate surface area is 177 Å². The van der Waals surface area contributed by atoms with Crippen LogP contribution in [0.4, 0.5) is 20.2 Å². The zero-order valence-electron chi connectivity index (χ0n) is 17.0. The number of hydrogen-bond acceptors (Lipinski definition) is 7. The van der Waals surface area contributed by atoms with Crippen molar-refractivity contribution < 1.29 is 32.7 Å². The summed E-state index contributed by atoms with van der Waals surface area (Å²) in [5.74, 6) is -0.433. The second-order valence-electron chi connectivity index (χ2n) is 6.28. The smallest absolute Gasteiger partial charge is 0.387 e. The highest BCUT2D eigenvalue weighted by Gasteiger charge is 2.17. The van der Waals surface area contributed by atoms with Crippen LogP contribution >= 0.6 is 0 Å². The third kappa shape index (κ3) is 7.07. The molecule has 0 saturated heterocycles. The van der Waals surface area contributed by atoms with Crippen LogP contribution in [-0.2, 0) is 11.2 Å². The van der Waals surface area contributed by atoms with Gasteiger partial charge in [-0.15, -0.1) is 0 Å². The molecule has 0 atom stereocenters. The molecule has 31 heavy (non-hydrogen) atoms. The van der Waals surface area contributed by atoms with E-state index in [1.807, 2.05) is 0 Å². The highest BCUT2D eigenvalue weighted by atomic mass is 19.3. The molecule has 11 heteroatoms. The Kier molecular flexibility index (Phi) is 8.94. The molecule has 2 N–H and O–H groups in total. The minimum Gasteiger partial charge on any atom is -0.493 e. The minimum atomic E-state index is -2.99. The molecule has 0 heterocycles. The van der Waals surface area contributed by atoms with Gasteiger partial charge in [-0.1, -0.05) is 6.07 Å². The van der Waals surface area contributed by atoms with Crippen molar-refractivity contribution in [3.8, 4) is 11.5 Å². The van der Waals surface area contributed by atoms with Crippen LogP contribution in [0.3, 0.4) is 0 Å². The largest absolute Gasteiger partial charge is 0.493 e. The lowest BCUT2D eigenvalue weighted by Crippen LogP contribution is -2.25. The van der Waals surface area contributed by atoms with Crippen molar-refractivity contribution in [2.45, 2.75) is 13.0 Å². The van der Waals surface area contributed by atoms with E-state index < -0.39 is 17.4 Å². The van der Waals surface area contributed by atoms with Gasteiger partial charge in [0.05, 0.1) is 18.6 Å². The number of nitro benzene ring substituents is 1. The van der Waals surface area contributed by atoms with Gasteiger partial charge < -0.3 is 24.8 Å². The summed E-state index contributed by atoms with van der Waals surface area (Å²) in [5, 5.41) is 16.8. The summed E-state index contributed by atoms with van der Waals surface area (Å²) < 4.78 is 39.4. The van der Waals surface area contributed by atoms with Gasteiger partial charge in [-0.05, 0) is 36.2 Å². The Hall–Kier alpha value is -3.47. The highest BCUT2D eigenvalue weighted by molar-refractivity contribution is 5.95. The molecular formula is C20H23F2N3O6. The van der Waals surface area contributed by atoms with Gasteiger partial charge in [0, 0.05) is 31.8 Å². The molecule has 9 nitrogen and oxygen atoms in total. The number of carbonyl (C=O) groups excluding carboxylic acids is 1. The van der Waals surface area contributed by atoms with E-state index in [1.165, 1.54) is 44.6 Å². The number of benzene rings is 2. The van der Waals surface area contributed by atoms with Gasteiger partial charge in [0.2, 0.25) is 0 Å². The number of amides is 1. The van der Waals surface area contributed by atoms with Crippen LogP contribution in [-0.4, -0.2) is 51.4 Å². The first-order valence-corrected chi connectivity index (χ1v) is 9.27. The van der Waals surface area contributed by atoms with Crippen molar-refractivity contribution in [1.82, 2.24) is 5.32 Å². The number of anilines is 1. The molecule has 0 aromatic heterocycles. The van der Waals surface area contributed by atoms with Crippen molar-refractivity contribution in [2.75, 3.05) is 39.2 Å². The lowest BCUT2D eigenvalue weighted by molar-refractivity contribution is -0.384. The number of rotatable bonds is 12. The van der Waals surface area contributed by atoms with Gasteiger partial charge in [-0.3, -0.25) is 14.9 Å². The van der Waals surface area contributed by atoms with Crippen molar-refractivity contribution in [1.29, 1.82) is 0 Å². The van der Waals surface area contributed by atoms with Gasteiger partial charge in [0.1, 0.15) is 5.69 Å². The first-order chi connectivity index (χ1) is 14.8. The number of nitrogens with zero attached hydrogens (tertiary/aromatic N) is 1. The van der Waals surface area contributed by atoms with E-state index in [0.717, 1.165) is 0 Å². The van der Waals surface area contributed by atoms with Gasteiger partial charge >= 0.3 is 6.61 Å². The van der Waals surface area contributed by atoms with Crippen LogP contribution in [0.2, 0.25) is 0 Å². The second-order valence-corrected chi connectivity index (χ2v) is 6.28. The minimum absolute atomic E-state index is 0.103. The molecule has 2 rings (SSSR count). The predicted octanol–water partition coefficient (Wildman–Crippen LogP) is 3.24. The van der Waals surface area contributed by atoms with Gasteiger partial charge in [0.25, 0.3) is 11.6 Å². The average molecular weight is 439 g/mol. The average Bonchev–Trinajstić information content (AvgIpc) is 2.73. The monoisotopic (exact) mass is 439 g/mol. The summed E-state index contributed by atoms with van der Waals surface area (Å²) in [6, 6.07) is 8.68. The lowest BCUT2D eigenvalue weighted by atomic mass is 10.1. The number of nitro groups is 1. The maximum atomic E-state index is 12.5. The molecule has 0 aliphatic carbocycles. The summed E-state index contributed by atoms with van der Waals surface area (Å²) in [7, 11) is 2.85. The van der Waals surface area contributed by atoms with E-state index in [1.54, 1.807) is 6.07 Å². The predicted molar refractivity (Wildman–Crippen MR) is 109 cm³/mol. The molecule has 0 unspecified atom stereocenters. The van der Waals surface area contributed by atoms with Crippen LogP contribution in [0.1, 0.15) is 15.9 Å². The molecule has 0 aliphatic heterocycles. The first kappa shape index (κ1) is 23.8. The molecule has 2 aromatic carbocycles. The number of alkyl halides is 2. The summed E-state index contributed by atoms with van der Waals surface area (Å²) in [6.45, 7) is -2.07. The summed E-state index contributed by atoms with van der Waals surface area (Å²) in [4.78, 5) is 23.1. The fourth-order valence-electron chi connectivity index (χ4n) is 2.75. The Morgan fingerprint density at radius 3 is 2.55 bits per heavy atom. The fraction of sp³-hybridized carbons (Fsp3) is 0.350. The van der Waals surface area contributed by atoms with Gasteiger partial charge in [-0.2, -0.15) is 8.78 Å². The van der Waals surface area contributed by atoms with E-state index in [4.69, 9.17) is 9.47 Å². The van der Waals surface area contributed by atoms with E-state index in [0.29, 0.717) is 25.1 Å². The molecule has 168 valence electrons. The Bertz CT molecular complexity index is 910. The molecular weight excluding hydrogens is 416 g/mol. The molecule has 2 aromatic rings. The molecule has 0 fully saturated rings. The Balaban J connectivity index is 2.01. The maximum absolute atomic E-state index is 12.5. The van der Waals surface area contributed by atoms with Crippen molar-refractivity contribution in [3.05, 3.63) is 57.6 Å². The molecule has 0 aliphatic rings. The van der Waals surface area contributed by atoms with Crippen LogP contribution in [0.5, 0.6) is 11.5 Å². The fourth-order valence-corrected chi connectivity index (χ4v) is 2.75. The topological polar surface area (TPSA) is 112 Å². The standard InChI is InChI=1S/C20H23F2N3O6/c1-29-10-9-23-15-5-4-14(12-16(15)25(27)28)19(26)24-8-7-13-3-6-17(30-2)18(11-13)31-20(21)22/h3-6,11-12,20,23H,7-10H2,1-2H3,(H,24,26). The summed E-state index contributed by atoms with van der Waals surface area (Å²) in [6.07, 6.45) is 0.327. The van der Waals surface area contributed by atoms with Crippen LogP contribution in [0.25, 0.3) is 0 Å². The number of nitrogens with one attached hydrogen (secondary N) is 2. The zero-order valence-corrected chi connectivity index (χ0v) is 17.0. The number of carbonyl (C=O) groups is 1. The molecule has 1 amide bonds. The van der Waals surface area contributed by atoms with E-state index in [2.05, 4.69) is 15.4 Å².